The lowest BCUT2D eigenvalue weighted by Crippen LogP contribution is -2.73. The summed E-state index contributed by atoms with van der Waals surface area (Å²) in [5.41, 5.74) is -5.30. The van der Waals surface area contributed by atoms with E-state index >= 15 is 0 Å². The van der Waals surface area contributed by atoms with Gasteiger partial charge in [0.2, 0.25) is 0 Å². The Morgan fingerprint density at radius 3 is 2.08 bits per heavy atom. The van der Waals surface area contributed by atoms with E-state index in [-0.39, 0.29) is 72.6 Å². The van der Waals surface area contributed by atoms with E-state index in [4.69, 9.17) is 0 Å². The first-order valence-corrected chi connectivity index (χ1v) is 19.7. The molecule has 0 amide bonds. The number of hydrogen-bond acceptors (Lipinski definition) is 9. The number of ketones is 4. The number of aliphatic hydroxyl groups excluding tert-OH is 3. The van der Waals surface area contributed by atoms with Gasteiger partial charge in [-0.05, 0) is 136 Å². The fourth-order valence-electron chi connectivity index (χ4n) is 16.2. The fourth-order valence-corrected chi connectivity index (χ4v) is 16.2. The van der Waals surface area contributed by atoms with Gasteiger partial charge in [0.05, 0.1) is 12.2 Å². The zero-order valence-corrected chi connectivity index (χ0v) is 31.0. The van der Waals surface area contributed by atoms with E-state index in [1.807, 2.05) is 13.8 Å². The van der Waals surface area contributed by atoms with Crippen molar-refractivity contribution in [3.63, 3.8) is 0 Å². The lowest BCUT2D eigenvalue weighted by molar-refractivity contribution is -0.269. The predicted molar refractivity (Wildman–Crippen MR) is 187 cm³/mol. The van der Waals surface area contributed by atoms with Gasteiger partial charge in [-0.15, -0.1) is 0 Å². The summed E-state index contributed by atoms with van der Waals surface area (Å²) in [4.78, 5) is 53.4. The standard InChI is InChI=1S/C42H58O9/c1-22(44)40(50)14-12-29-30-9-7-23-16-25(45)10-13-36(23,2)42(30,33(48)20-38(29,40)4)32-18-26(46)17-24-6-8-27-28-11-15-41(51,34(49)21-43)37(28,3)19-31(47)35(27)39(24,32)5/h16-17,27-33,35,43,47-48,50-51H,6-15,18-21H2,1-5H3/t27-,28-,29-,30-,31-,32?,33-,35+,36-,37-,38-,39+,40-,41-,42-/m0/s1. The van der Waals surface area contributed by atoms with Crippen LogP contribution in [0.3, 0.4) is 0 Å². The molecule has 0 aliphatic heterocycles. The van der Waals surface area contributed by atoms with E-state index in [1.165, 1.54) is 6.92 Å². The van der Waals surface area contributed by atoms with Crippen LogP contribution < -0.4 is 0 Å². The van der Waals surface area contributed by atoms with Crippen LogP contribution >= 0.6 is 0 Å². The number of Topliss-reactive ketones (excluding diaryl/α,β-unsaturated/α-hetero) is 2. The van der Waals surface area contributed by atoms with Crippen molar-refractivity contribution in [1.82, 2.24) is 0 Å². The molecule has 51 heavy (non-hydrogen) atoms. The van der Waals surface area contributed by atoms with Gasteiger partial charge in [0, 0.05) is 29.1 Å². The van der Waals surface area contributed by atoms with Crippen LogP contribution in [0.2, 0.25) is 0 Å². The molecule has 15 atom stereocenters. The summed E-state index contributed by atoms with van der Waals surface area (Å²) in [6.45, 7) is 8.99. The monoisotopic (exact) mass is 706 g/mol. The molecule has 0 spiro atoms. The molecule has 0 aromatic rings. The number of carbonyl (C=O) groups is 4. The molecule has 5 N–H and O–H groups in total. The molecule has 6 saturated carbocycles. The lowest BCUT2D eigenvalue weighted by Gasteiger charge is -2.74. The molecule has 0 aromatic heterocycles. The van der Waals surface area contributed by atoms with Gasteiger partial charge in [-0.1, -0.05) is 38.8 Å². The molecule has 0 heterocycles. The predicted octanol–water partition coefficient (Wildman–Crippen LogP) is 4.20. The van der Waals surface area contributed by atoms with Crippen molar-refractivity contribution in [2.45, 2.75) is 141 Å². The largest absolute Gasteiger partial charge is 0.393 e. The normalized spacial score (nSPS) is 54.5. The molecule has 8 aliphatic carbocycles. The maximum atomic E-state index is 14.1. The van der Waals surface area contributed by atoms with E-state index in [2.05, 4.69) is 13.8 Å². The highest BCUT2D eigenvalue weighted by atomic mass is 16.3. The summed E-state index contributed by atoms with van der Waals surface area (Å²) in [7, 11) is 0. The van der Waals surface area contributed by atoms with Gasteiger partial charge >= 0.3 is 0 Å². The van der Waals surface area contributed by atoms with Crippen molar-refractivity contribution in [2.24, 2.45) is 62.6 Å². The molecule has 280 valence electrons. The van der Waals surface area contributed by atoms with Crippen LogP contribution in [0.15, 0.2) is 23.3 Å². The summed E-state index contributed by atoms with van der Waals surface area (Å²) in [5, 5.41) is 59.5. The van der Waals surface area contributed by atoms with Gasteiger partial charge in [0.25, 0.3) is 0 Å². The van der Waals surface area contributed by atoms with Gasteiger partial charge in [-0.3, -0.25) is 19.2 Å². The molecular weight excluding hydrogens is 648 g/mol. The average Bonchev–Trinajstić information content (AvgIpc) is 3.50. The van der Waals surface area contributed by atoms with Crippen LogP contribution in [-0.2, 0) is 19.2 Å². The van der Waals surface area contributed by atoms with Crippen molar-refractivity contribution in [3.05, 3.63) is 23.3 Å². The second-order valence-electron chi connectivity index (χ2n) is 19.4. The molecular formula is C42H58O9. The van der Waals surface area contributed by atoms with Crippen LogP contribution in [0, 0.1) is 62.6 Å². The number of fused-ring (bicyclic) bond motifs is 10. The Kier molecular flexibility index (Phi) is 7.77. The molecule has 6 fully saturated rings. The average molecular weight is 707 g/mol. The SMILES string of the molecule is CC(=O)[C@@]1(O)CC[C@H]2[C@@H]3CCC4=CC(=O)CC[C@]4(C)[C@@]3(C3CC(=O)C=C4CC[C@@H]5[C@H]([C@@H](O)C[C@@]6(C)[C@H]5CC[C@]6(O)C(=O)CO)[C@]43C)[C@@H](O)C[C@@]21C. The number of allylic oxidation sites excluding steroid dienone is 2. The van der Waals surface area contributed by atoms with Crippen molar-refractivity contribution in [3.8, 4) is 0 Å². The van der Waals surface area contributed by atoms with Gasteiger partial charge in [0.1, 0.15) is 17.8 Å². The first-order valence-electron chi connectivity index (χ1n) is 19.7. The Morgan fingerprint density at radius 1 is 0.765 bits per heavy atom. The second kappa shape index (κ2) is 11.0. The molecule has 0 radical (unpaired) electrons. The molecule has 9 nitrogen and oxygen atoms in total. The Bertz CT molecular complexity index is 1660. The molecule has 0 saturated heterocycles. The second-order valence-corrected chi connectivity index (χ2v) is 19.4. The molecule has 9 heteroatoms. The summed E-state index contributed by atoms with van der Waals surface area (Å²) in [5.74, 6) is -1.87. The van der Waals surface area contributed by atoms with E-state index < -0.39 is 68.8 Å². The number of carbonyl (C=O) groups excluding carboxylic acids is 4. The zero-order valence-electron chi connectivity index (χ0n) is 31.0. The third kappa shape index (κ3) is 4.01. The van der Waals surface area contributed by atoms with E-state index in [0.717, 1.165) is 11.1 Å². The van der Waals surface area contributed by atoms with Crippen molar-refractivity contribution >= 4 is 23.1 Å². The van der Waals surface area contributed by atoms with Crippen molar-refractivity contribution < 1.29 is 44.7 Å². The third-order valence-electron chi connectivity index (χ3n) is 18.4. The van der Waals surface area contributed by atoms with Crippen LogP contribution in [0.1, 0.15) is 118 Å². The third-order valence-corrected chi connectivity index (χ3v) is 18.4. The Morgan fingerprint density at radius 2 is 1.39 bits per heavy atom. The number of rotatable bonds is 4. The Balaban J connectivity index is 1.33. The van der Waals surface area contributed by atoms with E-state index in [0.29, 0.717) is 57.8 Å². The van der Waals surface area contributed by atoms with Crippen LogP contribution in [0.5, 0.6) is 0 Å². The van der Waals surface area contributed by atoms with Gasteiger partial charge in [-0.2, -0.15) is 0 Å². The maximum Gasteiger partial charge on any atom is 0.190 e. The summed E-state index contributed by atoms with van der Waals surface area (Å²) < 4.78 is 0. The first kappa shape index (κ1) is 36.0. The first-order chi connectivity index (χ1) is 23.8. The Hall–Kier alpha value is -2.04. The molecule has 8 aliphatic rings. The summed E-state index contributed by atoms with van der Waals surface area (Å²) >= 11 is 0. The number of aliphatic hydroxyl groups is 5. The fraction of sp³-hybridized carbons (Fsp3) is 0.810. The molecule has 1 unspecified atom stereocenters. The van der Waals surface area contributed by atoms with E-state index in [9.17, 15) is 44.7 Å². The van der Waals surface area contributed by atoms with Crippen LogP contribution in [-0.4, -0.2) is 78.7 Å². The van der Waals surface area contributed by atoms with Gasteiger partial charge in [0.15, 0.2) is 23.1 Å². The molecule has 0 aromatic carbocycles. The smallest absolute Gasteiger partial charge is 0.190 e. The summed E-state index contributed by atoms with van der Waals surface area (Å²) in [6.07, 6.45) is 7.63. The van der Waals surface area contributed by atoms with Crippen molar-refractivity contribution in [1.29, 1.82) is 0 Å². The molecule has 8 rings (SSSR count). The van der Waals surface area contributed by atoms with E-state index in [1.54, 1.807) is 12.2 Å². The molecule has 0 bridgehead atoms. The maximum absolute atomic E-state index is 14.1. The number of hydrogen-bond donors (Lipinski definition) is 5. The van der Waals surface area contributed by atoms with Crippen LogP contribution in [0.4, 0.5) is 0 Å². The topological polar surface area (TPSA) is 169 Å². The highest BCUT2D eigenvalue weighted by Crippen LogP contribution is 2.79. The minimum atomic E-state index is -1.73. The van der Waals surface area contributed by atoms with Gasteiger partial charge < -0.3 is 25.5 Å². The van der Waals surface area contributed by atoms with Gasteiger partial charge in [-0.25, -0.2) is 0 Å². The minimum Gasteiger partial charge on any atom is -0.393 e. The van der Waals surface area contributed by atoms with Crippen molar-refractivity contribution in [2.75, 3.05) is 6.61 Å². The highest BCUT2D eigenvalue weighted by molar-refractivity contribution is 5.93. The van der Waals surface area contributed by atoms with Crippen LogP contribution in [0.25, 0.3) is 0 Å². The summed E-state index contributed by atoms with van der Waals surface area (Å²) in [6, 6.07) is 0. The quantitative estimate of drug-likeness (QED) is 0.288. The lowest BCUT2D eigenvalue weighted by atomic mass is 9.30. The Labute approximate surface area is 301 Å². The highest BCUT2D eigenvalue weighted by Gasteiger charge is 2.78. The minimum absolute atomic E-state index is 0.0109. The zero-order chi connectivity index (χ0) is 36.9.